The van der Waals surface area contributed by atoms with E-state index in [4.69, 9.17) is 4.98 Å². The predicted molar refractivity (Wildman–Crippen MR) is 222 cm³/mol. The third kappa shape index (κ3) is 8.47. The zero-order valence-electron chi connectivity index (χ0n) is 34.8. The molecule has 3 heterocycles. The van der Waals surface area contributed by atoms with Crippen molar-refractivity contribution in [3.05, 3.63) is 99.8 Å². The minimum Gasteiger partial charge on any atom is -0.298 e. The van der Waals surface area contributed by atoms with Crippen LogP contribution in [0.5, 0.6) is 0 Å². The molecule has 3 fully saturated rings. The van der Waals surface area contributed by atoms with Gasteiger partial charge in [-0.25, -0.2) is 48.2 Å². The number of pyridine rings is 1. The fraction of sp³-hybridized carbons (Fsp3) is 0.467. The van der Waals surface area contributed by atoms with Gasteiger partial charge in [-0.1, -0.05) is 24.1 Å². The molecule has 3 aromatic heterocycles. The molecule has 0 saturated heterocycles. The Hall–Kier alpha value is -5.16. The Morgan fingerprint density at radius 1 is 0.892 bits per heavy atom. The summed E-state index contributed by atoms with van der Waals surface area (Å²) in [4.78, 5) is 19.0. The third-order valence-corrected chi connectivity index (χ3v) is 17.7. The molecule has 4 aliphatic carbocycles. The molecular formula is C45H41F8N5O5S2. The first-order valence-corrected chi connectivity index (χ1v) is 24.3. The second-order valence-electron chi connectivity index (χ2n) is 18.0. The lowest BCUT2D eigenvalue weighted by Crippen LogP contribution is -2.33. The standard InChI is InChI=1S/C45H41F8N5O5S2/c1-44(2,65(62,63)30-9-10-30)13-12-27-6-11-31(32-4-3-5-33-36(22-64(60,61)29-7-8-29)55-57(41(32)33)21-37(48)49)39(54-27)24(14-23-15-25(46)18-26(47)16-23)17-28(59)20-58-42-38(40(56-58)43(50)51)34-19-35(34)45(42,52)53/h3-6,11,15-16,18,24,29-30,34-35,37,43H,7-10,14,17,19-22H2,1-2H3/t24-,34+,35-/m1/s1. The van der Waals surface area contributed by atoms with Crippen LogP contribution in [0.4, 0.5) is 35.1 Å². The van der Waals surface area contributed by atoms with Gasteiger partial charge in [-0.15, -0.1) is 0 Å². The monoisotopic (exact) mass is 947 g/mol. The van der Waals surface area contributed by atoms with Crippen LogP contribution in [0, 0.1) is 29.4 Å². The minimum absolute atomic E-state index is 0.0101. The Morgan fingerprint density at radius 2 is 1.58 bits per heavy atom. The molecule has 65 heavy (non-hydrogen) atoms. The van der Waals surface area contributed by atoms with E-state index in [1.54, 1.807) is 0 Å². The number of Topliss-reactive ketones (excluding diaryl/α,β-unsaturated/α-hetero) is 1. The van der Waals surface area contributed by atoms with Gasteiger partial charge in [0.1, 0.15) is 46.6 Å². The van der Waals surface area contributed by atoms with Gasteiger partial charge in [-0.05, 0) is 94.0 Å². The molecule has 3 atom stereocenters. The number of carbonyl (C=O) groups is 1. The average molecular weight is 948 g/mol. The maximum absolute atomic E-state index is 15.6. The molecule has 20 heteroatoms. The van der Waals surface area contributed by atoms with Crippen LogP contribution in [-0.2, 0) is 55.7 Å². The fourth-order valence-corrected chi connectivity index (χ4v) is 12.6. The van der Waals surface area contributed by atoms with Gasteiger partial charge in [0.2, 0.25) is 0 Å². The minimum atomic E-state index is -3.72. The van der Waals surface area contributed by atoms with Crippen LogP contribution in [-0.4, -0.2) is 68.8 Å². The highest BCUT2D eigenvalue weighted by Gasteiger charge is 2.67. The molecule has 0 amide bonds. The zero-order chi connectivity index (χ0) is 46.5. The van der Waals surface area contributed by atoms with E-state index in [1.807, 2.05) is 0 Å². The fourth-order valence-electron chi connectivity index (χ4n) is 9.15. The summed E-state index contributed by atoms with van der Waals surface area (Å²) >= 11 is 0. The van der Waals surface area contributed by atoms with Crippen molar-refractivity contribution in [2.75, 3.05) is 0 Å². The molecule has 5 aromatic rings. The number of hydrogen-bond acceptors (Lipinski definition) is 8. The van der Waals surface area contributed by atoms with Gasteiger partial charge in [-0.3, -0.25) is 14.2 Å². The Morgan fingerprint density at radius 3 is 2.23 bits per heavy atom. The number of hydrogen-bond donors (Lipinski definition) is 0. The molecule has 0 bridgehead atoms. The molecule has 2 aromatic carbocycles. The maximum atomic E-state index is 15.6. The van der Waals surface area contributed by atoms with E-state index < -0.39 is 126 Å². The van der Waals surface area contributed by atoms with E-state index in [2.05, 4.69) is 22.0 Å². The highest BCUT2D eigenvalue weighted by atomic mass is 32.2. The molecular weight excluding hydrogens is 907 g/mol. The summed E-state index contributed by atoms with van der Waals surface area (Å²) in [6, 6.07) is 10.1. The number of benzene rings is 2. The van der Waals surface area contributed by atoms with E-state index in [1.165, 1.54) is 44.2 Å². The van der Waals surface area contributed by atoms with Crippen LogP contribution < -0.4 is 0 Å². The number of para-hydroxylation sites is 1. The van der Waals surface area contributed by atoms with Crippen LogP contribution in [0.25, 0.3) is 22.0 Å². The van der Waals surface area contributed by atoms with Crippen LogP contribution in [0.15, 0.2) is 48.5 Å². The van der Waals surface area contributed by atoms with Gasteiger partial charge in [0.15, 0.2) is 25.5 Å². The predicted octanol–water partition coefficient (Wildman–Crippen LogP) is 8.75. The normalized spacial score (nSPS) is 19.6. The van der Waals surface area contributed by atoms with Gasteiger partial charge >= 0.3 is 0 Å². The molecule has 0 radical (unpaired) electrons. The SMILES string of the molecule is CC(C)(C#Cc1ccc(-c2cccc3c(CS(=O)(=O)C4CC4)nn(CC(F)F)c23)c([C@@H](CC(=O)Cn2nc(C(F)F)c3c2C(F)(F)[C@@H]2C[C@H]32)Cc2cc(F)cc(F)c2)n1)S(=O)(=O)C1CC1. The van der Waals surface area contributed by atoms with Crippen LogP contribution >= 0.6 is 0 Å². The number of carbonyl (C=O) groups excluding carboxylic acids is 1. The summed E-state index contributed by atoms with van der Waals surface area (Å²) in [6.45, 7) is 1.02. The van der Waals surface area contributed by atoms with Crippen molar-refractivity contribution in [3.63, 3.8) is 0 Å². The van der Waals surface area contributed by atoms with Crippen molar-refractivity contribution in [2.45, 2.75) is 123 Å². The molecule has 0 unspecified atom stereocenters. The average Bonchev–Trinajstić information content (AvgIpc) is 4.10. The second-order valence-corrected chi connectivity index (χ2v) is 23.0. The lowest BCUT2D eigenvalue weighted by atomic mass is 9.86. The maximum Gasteiger partial charge on any atom is 0.293 e. The summed E-state index contributed by atoms with van der Waals surface area (Å²) in [5.74, 6) is -4.53. The van der Waals surface area contributed by atoms with Crippen LogP contribution in [0.2, 0.25) is 0 Å². The molecule has 0 N–H and O–H groups in total. The largest absolute Gasteiger partial charge is 0.298 e. The zero-order valence-corrected chi connectivity index (χ0v) is 36.5. The third-order valence-electron chi connectivity index (χ3n) is 12.7. The van der Waals surface area contributed by atoms with Gasteiger partial charge in [0, 0.05) is 46.4 Å². The lowest BCUT2D eigenvalue weighted by molar-refractivity contribution is -0.120. The van der Waals surface area contributed by atoms with Gasteiger partial charge in [0.05, 0.1) is 33.2 Å². The Bertz CT molecular complexity index is 3040. The van der Waals surface area contributed by atoms with Crippen molar-refractivity contribution in [2.24, 2.45) is 5.92 Å². The van der Waals surface area contributed by atoms with Crippen molar-refractivity contribution in [3.8, 4) is 23.0 Å². The number of sulfone groups is 2. The summed E-state index contributed by atoms with van der Waals surface area (Å²) in [7, 11) is -7.42. The van der Waals surface area contributed by atoms with E-state index in [9.17, 15) is 48.0 Å². The van der Waals surface area contributed by atoms with E-state index in [0.29, 0.717) is 36.4 Å². The molecule has 3 saturated carbocycles. The molecule has 10 nitrogen and oxygen atoms in total. The Kier molecular flexibility index (Phi) is 11.1. The Balaban J connectivity index is 1.20. The first-order chi connectivity index (χ1) is 30.6. The van der Waals surface area contributed by atoms with Gasteiger partial charge < -0.3 is 0 Å². The molecule has 9 rings (SSSR count). The number of fused-ring (bicyclic) bond motifs is 4. The summed E-state index contributed by atoms with van der Waals surface area (Å²) in [6.07, 6.45) is -5.28. The summed E-state index contributed by atoms with van der Waals surface area (Å²) in [5.41, 5.74) is -1.52. The summed E-state index contributed by atoms with van der Waals surface area (Å²) in [5, 5.41) is 7.17. The second kappa shape index (κ2) is 16.0. The number of aromatic nitrogens is 5. The molecule has 344 valence electrons. The van der Waals surface area contributed by atoms with Crippen molar-refractivity contribution in [1.29, 1.82) is 0 Å². The highest BCUT2D eigenvalue weighted by molar-refractivity contribution is 7.93. The van der Waals surface area contributed by atoms with E-state index in [-0.39, 0.29) is 63.1 Å². The van der Waals surface area contributed by atoms with E-state index >= 15 is 8.78 Å². The van der Waals surface area contributed by atoms with E-state index in [0.717, 1.165) is 16.8 Å². The number of ketones is 1. The smallest absolute Gasteiger partial charge is 0.293 e. The topological polar surface area (TPSA) is 134 Å². The van der Waals surface area contributed by atoms with Gasteiger partial charge in [-0.2, -0.15) is 19.0 Å². The van der Waals surface area contributed by atoms with Crippen molar-refractivity contribution in [1.82, 2.24) is 24.5 Å². The number of rotatable bonds is 16. The molecule has 0 aliphatic heterocycles. The number of halogens is 8. The summed E-state index contributed by atoms with van der Waals surface area (Å²) < 4.78 is 170. The van der Waals surface area contributed by atoms with Crippen molar-refractivity contribution < 1.29 is 56.8 Å². The lowest BCUT2D eigenvalue weighted by Gasteiger charge is -2.22. The first-order valence-electron chi connectivity index (χ1n) is 21.1. The van der Waals surface area contributed by atoms with Crippen molar-refractivity contribution >= 4 is 36.4 Å². The molecule has 4 aliphatic rings. The molecule has 0 spiro atoms. The number of nitrogens with zero attached hydrogens (tertiary/aromatic N) is 5. The quantitative estimate of drug-likeness (QED) is 0.0709. The Labute approximate surface area is 368 Å². The first kappa shape index (κ1) is 45.0. The van der Waals surface area contributed by atoms with Gasteiger partial charge in [0.25, 0.3) is 18.8 Å². The number of alkyl halides is 6. The highest BCUT2D eigenvalue weighted by Crippen LogP contribution is 2.68. The van der Waals surface area contributed by atoms with Crippen LogP contribution in [0.3, 0.4) is 0 Å². The van der Waals surface area contributed by atoms with Crippen LogP contribution in [0.1, 0.15) is 110 Å².